The number of hydrogen-bond donors (Lipinski definition) is 3. The molecule has 0 amide bonds. The molecule has 1 aliphatic rings. The van der Waals surface area contributed by atoms with Gasteiger partial charge in [-0.05, 0) is 24.0 Å². The van der Waals surface area contributed by atoms with Crippen LogP contribution < -0.4 is 5.73 Å². The molecule has 0 aromatic heterocycles. The van der Waals surface area contributed by atoms with E-state index >= 15 is 0 Å². The third-order valence-corrected chi connectivity index (χ3v) is 3.25. The average Bonchev–Trinajstić information content (AvgIpc) is 3.09. The summed E-state index contributed by atoms with van der Waals surface area (Å²) < 4.78 is 0. The van der Waals surface area contributed by atoms with Gasteiger partial charge in [0, 0.05) is 0 Å². The van der Waals surface area contributed by atoms with E-state index in [1.807, 2.05) is 0 Å². The van der Waals surface area contributed by atoms with Crippen molar-refractivity contribution in [3.8, 4) is 0 Å². The van der Waals surface area contributed by atoms with Gasteiger partial charge in [0.05, 0.1) is 18.1 Å². The standard InChI is InChI=1S/C12H15NO3/c13-10(7-14)8-1-3-9(4-2-8)12(5-6-12)11(15)16/h1-4,10,14H,5-7,13H2,(H,15,16)/t10-/m1/s1. The van der Waals surface area contributed by atoms with E-state index in [1.165, 1.54) is 0 Å². The Kier molecular flexibility index (Phi) is 2.69. The van der Waals surface area contributed by atoms with Crippen molar-refractivity contribution in [1.29, 1.82) is 0 Å². The zero-order valence-corrected chi connectivity index (χ0v) is 8.89. The van der Waals surface area contributed by atoms with Gasteiger partial charge >= 0.3 is 5.97 Å². The lowest BCUT2D eigenvalue weighted by Crippen LogP contribution is -2.20. The highest BCUT2D eigenvalue weighted by Crippen LogP contribution is 2.48. The normalized spacial score (nSPS) is 19.1. The zero-order valence-electron chi connectivity index (χ0n) is 8.89. The molecule has 1 aliphatic carbocycles. The highest BCUT2D eigenvalue weighted by atomic mass is 16.4. The number of carbonyl (C=O) groups is 1. The lowest BCUT2D eigenvalue weighted by atomic mass is 9.94. The highest BCUT2D eigenvalue weighted by molar-refractivity contribution is 5.84. The van der Waals surface area contributed by atoms with E-state index < -0.39 is 17.4 Å². The SMILES string of the molecule is N[C@H](CO)c1ccc(C2(C(=O)O)CC2)cc1. The summed E-state index contributed by atoms with van der Waals surface area (Å²) in [6.45, 7) is -0.108. The first-order valence-corrected chi connectivity index (χ1v) is 5.30. The molecule has 1 aromatic carbocycles. The predicted octanol–water partition coefficient (Wildman–Crippen LogP) is 0.795. The van der Waals surface area contributed by atoms with Gasteiger partial charge in [0.2, 0.25) is 0 Å². The third-order valence-electron chi connectivity index (χ3n) is 3.25. The van der Waals surface area contributed by atoms with Gasteiger partial charge in [-0.25, -0.2) is 0 Å². The molecule has 0 radical (unpaired) electrons. The Bertz CT molecular complexity index is 395. The van der Waals surface area contributed by atoms with E-state index in [0.717, 1.165) is 11.1 Å². The number of carboxylic acid groups (broad SMARTS) is 1. The van der Waals surface area contributed by atoms with Crippen molar-refractivity contribution in [2.75, 3.05) is 6.61 Å². The second kappa shape index (κ2) is 3.88. The van der Waals surface area contributed by atoms with Crippen LogP contribution in [0.1, 0.15) is 30.0 Å². The van der Waals surface area contributed by atoms with Crippen molar-refractivity contribution in [1.82, 2.24) is 0 Å². The maximum Gasteiger partial charge on any atom is 0.314 e. The summed E-state index contributed by atoms with van der Waals surface area (Å²) in [5.74, 6) is -0.758. The van der Waals surface area contributed by atoms with Crippen molar-refractivity contribution in [2.45, 2.75) is 24.3 Å². The molecule has 0 aliphatic heterocycles. The Hall–Kier alpha value is -1.39. The summed E-state index contributed by atoms with van der Waals surface area (Å²) in [5, 5.41) is 18.0. The fourth-order valence-electron chi connectivity index (χ4n) is 1.91. The largest absolute Gasteiger partial charge is 0.481 e. The lowest BCUT2D eigenvalue weighted by molar-refractivity contribution is -0.140. The Balaban J connectivity index is 2.23. The number of hydrogen-bond acceptors (Lipinski definition) is 3. The Labute approximate surface area is 93.7 Å². The van der Waals surface area contributed by atoms with E-state index in [9.17, 15) is 4.79 Å². The fourth-order valence-corrected chi connectivity index (χ4v) is 1.91. The molecule has 4 nitrogen and oxygen atoms in total. The number of aliphatic hydroxyl groups is 1. The minimum atomic E-state index is -0.758. The lowest BCUT2D eigenvalue weighted by Gasteiger charge is -2.13. The molecule has 86 valence electrons. The van der Waals surface area contributed by atoms with Crippen LogP contribution in [0.5, 0.6) is 0 Å². The second-order valence-electron chi connectivity index (χ2n) is 4.30. The fraction of sp³-hybridized carbons (Fsp3) is 0.417. The molecule has 0 heterocycles. The topological polar surface area (TPSA) is 83.5 Å². The first-order chi connectivity index (χ1) is 7.60. The molecule has 1 saturated carbocycles. The molecule has 1 aromatic rings. The van der Waals surface area contributed by atoms with Gasteiger partial charge in [-0.3, -0.25) is 4.79 Å². The summed E-state index contributed by atoms with van der Waals surface area (Å²) in [4.78, 5) is 11.1. The zero-order chi connectivity index (χ0) is 11.8. The van der Waals surface area contributed by atoms with Gasteiger partial charge in [-0.2, -0.15) is 0 Å². The molecule has 1 fully saturated rings. The average molecular weight is 221 g/mol. The van der Waals surface area contributed by atoms with E-state index in [2.05, 4.69) is 0 Å². The van der Waals surface area contributed by atoms with Crippen LogP contribution in [0.15, 0.2) is 24.3 Å². The van der Waals surface area contributed by atoms with Crippen LogP contribution in [-0.2, 0) is 10.2 Å². The van der Waals surface area contributed by atoms with Gasteiger partial charge < -0.3 is 15.9 Å². The summed E-state index contributed by atoms with van der Waals surface area (Å²) >= 11 is 0. The van der Waals surface area contributed by atoms with Gasteiger partial charge in [-0.15, -0.1) is 0 Å². The van der Waals surface area contributed by atoms with Crippen LogP contribution in [0.3, 0.4) is 0 Å². The van der Waals surface area contributed by atoms with Gasteiger partial charge in [-0.1, -0.05) is 24.3 Å². The molecule has 16 heavy (non-hydrogen) atoms. The molecule has 4 heteroatoms. The monoisotopic (exact) mass is 221 g/mol. The molecule has 0 saturated heterocycles. The van der Waals surface area contributed by atoms with E-state index in [4.69, 9.17) is 15.9 Å². The Morgan fingerprint density at radius 2 is 1.94 bits per heavy atom. The number of nitrogens with two attached hydrogens (primary N) is 1. The predicted molar refractivity (Wildman–Crippen MR) is 59.0 cm³/mol. The molecule has 4 N–H and O–H groups in total. The summed E-state index contributed by atoms with van der Waals surface area (Å²) in [6.07, 6.45) is 1.40. The summed E-state index contributed by atoms with van der Waals surface area (Å²) in [6, 6.07) is 6.78. The number of aliphatic hydroxyl groups excluding tert-OH is 1. The van der Waals surface area contributed by atoms with Crippen LogP contribution in [0, 0.1) is 0 Å². The van der Waals surface area contributed by atoms with Gasteiger partial charge in [0.25, 0.3) is 0 Å². The number of aliphatic carboxylic acids is 1. The third kappa shape index (κ3) is 1.70. The molecule has 2 rings (SSSR count). The van der Waals surface area contributed by atoms with Crippen LogP contribution in [0.2, 0.25) is 0 Å². The van der Waals surface area contributed by atoms with Crippen LogP contribution in [0.25, 0.3) is 0 Å². The molecule has 1 atom stereocenters. The number of rotatable bonds is 4. The quantitative estimate of drug-likeness (QED) is 0.702. The van der Waals surface area contributed by atoms with Crippen LogP contribution >= 0.6 is 0 Å². The Morgan fingerprint density at radius 1 is 1.38 bits per heavy atom. The van der Waals surface area contributed by atoms with E-state index in [1.54, 1.807) is 24.3 Å². The van der Waals surface area contributed by atoms with Crippen molar-refractivity contribution < 1.29 is 15.0 Å². The highest BCUT2D eigenvalue weighted by Gasteiger charge is 2.51. The van der Waals surface area contributed by atoms with Crippen molar-refractivity contribution >= 4 is 5.97 Å². The molecule has 0 unspecified atom stereocenters. The van der Waals surface area contributed by atoms with Crippen molar-refractivity contribution in [3.63, 3.8) is 0 Å². The summed E-state index contributed by atoms with van der Waals surface area (Å²) in [5.41, 5.74) is 6.65. The minimum Gasteiger partial charge on any atom is -0.481 e. The maximum absolute atomic E-state index is 11.1. The summed E-state index contributed by atoms with van der Waals surface area (Å²) in [7, 11) is 0. The molecular formula is C12H15NO3. The first kappa shape index (κ1) is 11.1. The number of benzene rings is 1. The first-order valence-electron chi connectivity index (χ1n) is 5.30. The molecular weight excluding hydrogens is 206 g/mol. The van der Waals surface area contributed by atoms with E-state index in [-0.39, 0.29) is 6.61 Å². The van der Waals surface area contributed by atoms with Crippen LogP contribution in [0.4, 0.5) is 0 Å². The van der Waals surface area contributed by atoms with Gasteiger partial charge in [0.1, 0.15) is 0 Å². The molecule has 0 spiro atoms. The number of carboxylic acids is 1. The molecule has 0 bridgehead atoms. The van der Waals surface area contributed by atoms with Gasteiger partial charge in [0.15, 0.2) is 0 Å². The minimum absolute atomic E-state index is 0.108. The van der Waals surface area contributed by atoms with E-state index in [0.29, 0.717) is 12.8 Å². The van der Waals surface area contributed by atoms with Crippen LogP contribution in [-0.4, -0.2) is 22.8 Å². The second-order valence-corrected chi connectivity index (χ2v) is 4.30. The maximum atomic E-state index is 11.1. The smallest absolute Gasteiger partial charge is 0.314 e. The van der Waals surface area contributed by atoms with Crippen molar-refractivity contribution in [2.24, 2.45) is 5.73 Å². The van der Waals surface area contributed by atoms with Crippen molar-refractivity contribution in [3.05, 3.63) is 35.4 Å². The Morgan fingerprint density at radius 3 is 2.31 bits per heavy atom.